The highest BCUT2D eigenvalue weighted by Crippen LogP contribution is 2.35. The summed E-state index contributed by atoms with van der Waals surface area (Å²) in [5, 5.41) is 12.9. The number of ether oxygens (including phenoxy) is 1. The van der Waals surface area contributed by atoms with Gasteiger partial charge in [0.05, 0.1) is 0 Å². The lowest BCUT2D eigenvalue weighted by Gasteiger charge is -2.12. The van der Waals surface area contributed by atoms with Crippen LogP contribution >= 0.6 is 11.8 Å². The molecule has 1 heterocycles. The molecular weight excluding hydrogens is 295 g/mol. The maximum atomic E-state index is 12.1. The highest BCUT2D eigenvalue weighted by Gasteiger charge is 2.41. The molecule has 1 fully saturated rings. The van der Waals surface area contributed by atoms with Gasteiger partial charge < -0.3 is 15.2 Å². The largest absolute Gasteiger partial charge is 0.504 e. The summed E-state index contributed by atoms with van der Waals surface area (Å²) in [5.74, 6) is -3.34. The number of halogens is 3. The van der Waals surface area contributed by atoms with E-state index >= 15 is 0 Å². The average molecular weight is 307 g/mol. The molecule has 4 nitrogen and oxygen atoms in total. The van der Waals surface area contributed by atoms with Gasteiger partial charge in [-0.2, -0.15) is 13.2 Å². The minimum absolute atomic E-state index is 0.311. The fraction of sp³-hybridized carbons (Fsp3) is 0.417. The predicted molar refractivity (Wildman–Crippen MR) is 66.9 cm³/mol. The molecule has 1 atom stereocenters. The number of phenols is 1. The molecule has 0 bridgehead atoms. The smallest absolute Gasteiger partial charge is 0.491 e. The quantitative estimate of drug-likeness (QED) is 0.663. The molecule has 0 spiro atoms. The van der Waals surface area contributed by atoms with Crippen LogP contribution in [0.3, 0.4) is 0 Å². The molecule has 20 heavy (non-hydrogen) atoms. The van der Waals surface area contributed by atoms with Crippen molar-refractivity contribution in [2.75, 3.05) is 13.1 Å². The van der Waals surface area contributed by atoms with Crippen molar-refractivity contribution < 1.29 is 27.8 Å². The molecule has 2 N–H and O–H groups in total. The van der Waals surface area contributed by atoms with Crippen molar-refractivity contribution in [1.82, 2.24) is 5.32 Å². The zero-order chi connectivity index (χ0) is 14.8. The van der Waals surface area contributed by atoms with E-state index in [9.17, 15) is 23.1 Å². The zero-order valence-corrected chi connectivity index (χ0v) is 11.1. The van der Waals surface area contributed by atoms with Gasteiger partial charge in [0.25, 0.3) is 0 Å². The number of benzene rings is 1. The van der Waals surface area contributed by atoms with Crippen LogP contribution in [0.25, 0.3) is 0 Å². The van der Waals surface area contributed by atoms with E-state index in [4.69, 9.17) is 0 Å². The van der Waals surface area contributed by atoms with Crippen molar-refractivity contribution in [3.63, 3.8) is 0 Å². The number of hydrogen-bond donors (Lipinski definition) is 2. The van der Waals surface area contributed by atoms with Crippen LogP contribution in [0.5, 0.6) is 11.5 Å². The highest BCUT2D eigenvalue weighted by atomic mass is 32.2. The summed E-state index contributed by atoms with van der Waals surface area (Å²) >= 11 is 1.46. The molecule has 1 aliphatic heterocycles. The number of thioether (sulfide) groups is 1. The van der Waals surface area contributed by atoms with E-state index < -0.39 is 23.6 Å². The number of rotatable bonds is 3. The van der Waals surface area contributed by atoms with Gasteiger partial charge in [0, 0.05) is 16.7 Å². The van der Waals surface area contributed by atoms with Gasteiger partial charge in [-0.1, -0.05) is 0 Å². The normalized spacial score (nSPS) is 19.1. The summed E-state index contributed by atoms with van der Waals surface area (Å²) in [6.07, 6.45) is -4.14. The van der Waals surface area contributed by atoms with E-state index in [0.29, 0.717) is 10.1 Å². The first-order valence-electron chi connectivity index (χ1n) is 5.85. The molecule has 1 aliphatic rings. The Kier molecular flexibility index (Phi) is 4.44. The van der Waals surface area contributed by atoms with Gasteiger partial charge in [0.2, 0.25) is 0 Å². The van der Waals surface area contributed by atoms with Crippen LogP contribution in [0.15, 0.2) is 23.1 Å². The summed E-state index contributed by atoms with van der Waals surface area (Å²) in [7, 11) is 0. The maximum Gasteiger partial charge on any atom is 0.491 e. The average Bonchev–Trinajstić information content (AvgIpc) is 2.85. The predicted octanol–water partition coefficient (Wildman–Crippen LogP) is 2.31. The second kappa shape index (κ2) is 5.92. The number of alkyl halides is 3. The molecule has 8 heteroatoms. The Morgan fingerprint density at radius 1 is 1.45 bits per heavy atom. The number of nitrogens with one attached hydrogen (secondary N) is 1. The molecule has 0 aliphatic carbocycles. The van der Waals surface area contributed by atoms with Crippen molar-refractivity contribution in [1.29, 1.82) is 0 Å². The van der Waals surface area contributed by atoms with Crippen LogP contribution in [0.1, 0.15) is 6.42 Å². The van der Waals surface area contributed by atoms with Crippen molar-refractivity contribution in [2.24, 2.45) is 0 Å². The Balaban J connectivity index is 2.10. The molecule has 1 saturated heterocycles. The number of aromatic hydroxyl groups is 1. The number of phenolic OH excluding ortho intramolecular Hbond substituents is 1. The minimum Gasteiger partial charge on any atom is -0.504 e. The molecule has 0 saturated carbocycles. The number of carbonyl (C=O) groups excluding carboxylic acids is 1. The lowest BCUT2D eigenvalue weighted by molar-refractivity contribution is -0.189. The SMILES string of the molecule is O=C(Oc1cc(S[C@@H]2CCNC2)ccc1O)C(F)(F)F. The fourth-order valence-corrected chi connectivity index (χ4v) is 2.87. The molecular formula is C12H12F3NO3S. The molecule has 0 radical (unpaired) electrons. The molecule has 0 unspecified atom stereocenters. The lowest BCUT2D eigenvalue weighted by atomic mass is 10.3. The number of esters is 1. The van der Waals surface area contributed by atoms with Crippen molar-refractivity contribution in [3.8, 4) is 11.5 Å². The Bertz CT molecular complexity index is 501. The third-order valence-electron chi connectivity index (χ3n) is 2.68. The second-order valence-electron chi connectivity index (χ2n) is 4.25. The van der Waals surface area contributed by atoms with Crippen LogP contribution in [-0.2, 0) is 4.79 Å². The summed E-state index contributed by atoms with van der Waals surface area (Å²) in [4.78, 5) is 11.4. The minimum atomic E-state index is -5.09. The van der Waals surface area contributed by atoms with Crippen LogP contribution in [-0.4, -0.2) is 35.6 Å². The second-order valence-corrected chi connectivity index (χ2v) is 5.62. The summed E-state index contributed by atoms with van der Waals surface area (Å²) in [6.45, 7) is 1.70. The molecule has 2 rings (SSSR count). The molecule has 0 aromatic heterocycles. The first-order chi connectivity index (χ1) is 9.36. The Labute approximate surface area is 117 Å². The molecule has 0 amide bonds. The van der Waals surface area contributed by atoms with Gasteiger partial charge in [0.15, 0.2) is 11.5 Å². The first kappa shape index (κ1) is 15.0. The lowest BCUT2D eigenvalue weighted by Crippen LogP contribution is -2.28. The van der Waals surface area contributed by atoms with Crippen molar-refractivity contribution in [2.45, 2.75) is 22.7 Å². The van der Waals surface area contributed by atoms with Crippen molar-refractivity contribution in [3.05, 3.63) is 18.2 Å². The van der Waals surface area contributed by atoms with Crippen LogP contribution in [0.2, 0.25) is 0 Å². The Morgan fingerprint density at radius 2 is 2.20 bits per heavy atom. The van der Waals surface area contributed by atoms with E-state index in [1.165, 1.54) is 23.9 Å². The van der Waals surface area contributed by atoms with Crippen LogP contribution in [0, 0.1) is 0 Å². The topological polar surface area (TPSA) is 58.6 Å². The van der Waals surface area contributed by atoms with Gasteiger partial charge in [-0.15, -0.1) is 11.8 Å². The number of hydrogen-bond acceptors (Lipinski definition) is 5. The van der Waals surface area contributed by atoms with E-state index in [0.717, 1.165) is 19.5 Å². The maximum absolute atomic E-state index is 12.1. The third kappa shape index (κ3) is 3.80. The fourth-order valence-electron chi connectivity index (χ4n) is 1.73. The molecule has 1 aromatic carbocycles. The Hall–Kier alpha value is -1.41. The van der Waals surface area contributed by atoms with Gasteiger partial charge >= 0.3 is 12.1 Å². The zero-order valence-electron chi connectivity index (χ0n) is 10.2. The van der Waals surface area contributed by atoms with E-state index in [-0.39, 0.29) is 0 Å². The summed E-state index contributed by atoms with van der Waals surface area (Å²) in [5.41, 5.74) is 0. The van der Waals surface area contributed by atoms with E-state index in [1.807, 2.05) is 0 Å². The highest BCUT2D eigenvalue weighted by molar-refractivity contribution is 8.00. The van der Waals surface area contributed by atoms with E-state index in [1.54, 1.807) is 6.07 Å². The van der Waals surface area contributed by atoms with Crippen LogP contribution < -0.4 is 10.1 Å². The van der Waals surface area contributed by atoms with E-state index in [2.05, 4.69) is 10.1 Å². The Morgan fingerprint density at radius 3 is 2.80 bits per heavy atom. The monoisotopic (exact) mass is 307 g/mol. The third-order valence-corrected chi connectivity index (χ3v) is 3.95. The molecule has 110 valence electrons. The van der Waals surface area contributed by atoms with Gasteiger partial charge in [0.1, 0.15) is 0 Å². The number of carbonyl (C=O) groups is 1. The summed E-state index contributed by atoms with van der Waals surface area (Å²) < 4.78 is 40.5. The first-order valence-corrected chi connectivity index (χ1v) is 6.73. The van der Waals surface area contributed by atoms with Gasteiger partial charge in [-0.25, -0.2) is 4.79 Å². The van der Waals surface area contributed by atoms with Crippen LogP contribution in [0.4, 0.5) is 13.2 Å². The van der Waals surface area contributed by atoms with Crippen molar-refractivity contribution >= 4 is 17.7 Å². The summed E-state index contributed by atoms with van der Waals surface area (Å²) in [6, 6.07) is 4.02. The van der Waals surface area contributed by atoms with Gasteiger partial charge in [-0.05, 0) is 31.2 Å². The standard InChI is InChI=1S/C12H12F3NO3S/c13-12(14,15)11(18)19-10-5-7(1-2-9(10)17)20-8-3-4-16-6-8/h1-2,5,8,16-17H,3-4,6H2/t8-/m1/s1. The van der Waals surface area contributed by atoms with Gasteiger partial charge in [-0.3, -0.25) is 0 Å². The molecule has 1 aromatic rings.